The van der Waals surface area contributed by atoms with Crippen LogP contribution >= 0.6 is 11.3 Å². The van der Waals surface area contributed by atoms with Gasteiger partial charge in [-0.05, 0) is 25.0 Å². The number of thiophene rings is 1. The van der Waals surface area contributed by atoms with E-state index >= 15 is 0 Å². The third-order valence-corrected chi connectivity index (χ3v) is 4.30. The van der Waals surface area contributed by atoms with E-state index in [4.69, 9.17) is 10.5 Å². The Hall–Kier alpha value is -1.82. The highest BCUT2D eigenvalue weighted by Gasteiger charge is 2.20. The number of nitrogen functional groups attached to an aromatic ring is 1. The SMILES string of the molecule is CCc1ccc(COC(=O)c2c(N)c(CC)nn2C)s1. The lowest BCUT2D eigenvalue weighted by molar-refractivity contribution is 0.0465. The number of hydrogen-bond donors (Lipinski definition) is 1. The van der Waals surface area contributed by atoms with Gasteiger partial charge in [0.2, 0.25) is 0 Å². The van der Waals surface area contributed by atoms with E-state index in [1.54, 1.807) is 18.4 Å². The standard InChI is InChI=1S/C14H19N3O2S/c1-4-9-6-7-10(20-9)8-19-14(18)13-12(15)11(5-2)16-17(13)3/h6-7H,4-5,8,15H2,1-3H3. The molecule has 0 radical (unpaired) electrons. The van der Waals surface area contributed by atoms with Gasteiger partial charge in [0.25, 0.3) is 0 Å². The van der Waals surface area contributed by atoms with Crippen molar-refractivity contribution in [2.75, 3.05) is 5.73 Å². The van der Waals surface area contributed by atoms with Gasteiger partial charge < -0.3 is 10.5 Å². The largest absolute Gasteiger partial charge is 0.455 e. The van der Waals surface area contributed by atoms with E-state index < -0.39 is 5.97 Å². The van der Waals surface area contributed by atoms with E-state index in [0.29, 0.717) is 17.8 Å². The molecule has 6 heteroatoms. The number of anilines is 1. The van der Waals surface area contributed by atoms with Crippen molar-refractivity contribution < 1.29 is 9.53 Å². The lowest BCUT2D eigenvalue weighted by Gasteiger charge is -2.04. The molecule has 5 nitrogen and oxygen atoms in total. The zero-order valence-corrected chi connectivity index (χ0v) is 12.8. The molecule has 0 saturated carbocycles. The van der Waals surface area contributed by atoms with Crippen LogP contribution in [0.3, 0.4) is 0 Å². The maximum Gasteiger partial charge on any atom is 0.359 e. The van der Waals surface area contributed by atoms with E-state index in [0.717, 1.165) is 17.0 Å². The van der Waals surface area contributed by atoms with E-state index in [1.807, 2.05) is 13.0 Å². The van der Waals surface area contributed by atoms with Gasteiger partial charge in [-0.25, -0.2) is 4.79 Å². The second-order valence-electron chi connectivity index (χ2n) is 4.48. The number of hydrogen-bond acceptors (Lipinski definition) is 5. The van der Waals surface area contributed by atoms with E-state index in [9.17, 15) is 4.79 Å². The van der Waals surface area contributed by atoms with Crippen LogP contribution < -0.4 is 5.73 Å². The Bertz CT molecular complexity index is 616. The van der Waals surface area contributed by atoms with E-state index in [-0.39, 0.29) is 6.61 Å². The van der Waals surface area contributed by atoms with Crippen molar-refractivity contribution in [2.24, 2.45) is 7.05 Å². The van der Waals surface area contributed by atoms with Gasteiger partial charge >= 0.3 is 5.97 Å². The monoisotopic (exact) mass is 293 g/mol. The minimum Gasteiger partial charge on any atom is -0.455 e. The summed E-state index contributed by atoms with van der Waals surface area (Å²) in [4.78, 5) is 14.4. The highest BCUT2D eigenvalue weighted by molar-refractivity contribution is 7.11. The maximum absolute atomic E-state index is 12.1. The number of aryl methyl sites for hydroxylation is 3. The van der Waals surface area contributed by atoms with Crippen LogP contribution in [0.15, 0.2) is 12.1 Å². The fraction of sp³-hybridized carbons (Fsp3) is 0.429. The number of carbonyl (C=O) groups excluding carboxylic acids is 1. The molecule has 0 amide bonds. The fourth-order valence-corrected chi connectivity index (χ4v) is 2.87. The van der Waals surface area contributed by atoms with Crippen LogP contribution in [-0.2, 0) is 31.2 Å². The molecule has 2 aromatic rings. The van der Waals surface area contributed by atoms with Gasteiger partial charge in [0.1, 0.15) is 6.61 Å². The molecule has 0 aliphatic carbocycles. The predicted molar refractivity (Wildman–Crippen MR) is 79.8 cm³/mol. The summed E-state index contributed by atoms with van der Waals surface area (Å²) in [5.41, 5.74) is 7.40. The molecule has 0 bridgehead atoms. The second kappa shape index (κ2) is 6.09. The van der Waals surface area contributed by atoms with Gasteiger partial charge in [-0.15, -0.1) is 11.3 Å². The number of nitrogens with two attached hydrogens (primary N) is 1. The third kappa shape index (κ3) is 2.85. The van der Waals surface area contributed by atoms with Crippen molar-refractivity contribution in [2.45, 2.75) is 33.3 Å². The summed E-state index contributed by atoms with van der Waals surface area (Å²) in [6.07, 6.45) is 1.69. The molecule has 0 fully saturated rings. The van der Waals surface area contributed by atoms with Crippen molar-refractivity contribution in [3.05, 3.63) is 33.3 Å². The maximum atomic E-state index is 12.1. The van der Waals surface area contributed by atoms with Crippen molar-refractivity contribution in [1.82, 2.24) is 9.78 Å². The Balaban J connectivity index is 2.07. The van der Waals surface area contributed by atoms with Crippen molar-refractivity contribution in [3.63, 3.8) is 0 Å². The summed E-state index contributed by atoms with van der Waals surface area (Å²) in [7, 11) is 1.70. The fourth-order valence-electron chi connectivity index (χ4n) is 1.99. The zero-order chi connectivity index (χ0) is 14.7. The third-order valence-electron chi connectivity index (χ3n) is 3.10. The first kappa shape index (κ1) is 14.6. The Labute approximate surface area is 122 Å². The van der Waals surface area contributed by atoms with Crippen molar-refractivity contribution in [3.8, 4) is 0 Å². The first-order valence-corrected chi connectivity index (χ1v) is 7.44. The summed E-state index contributed by atoms with van der Waals surface area (Å²) in [6, 6.07) is 4.04. The van der Waals surface area contributed by atoms with Crippen LogP contribution in [0, 0.1) is 0 Å². The normalized spacial score (nSPS) is 10.8. The van der Waals surface area contributed by atoms with E-state index in [2.05, 4.69) is 18.1 Å². The first-order chi connectivity index (χ1) is 9.56. The number of aromatic nitrogens is 2. The molecular formula is C14H19N3O2S. The molecule has 0 aromatic carbocycles. The van der Waals surface area contributed by atoms with Crippen LogP contribution in [0.4, 0.5) is 5.69 Å². The van der Waals surface area contributed by atoms with Gasteiger partial charge in [0.15, 0.2) is 5.69 Å². The molecule has 20 heavy (non-hydrogen) atoms. The number of esters is 1. The molecule has 0 aliphatic rings. The molecule has 0 saturated heterocycles. The predicted octanol–water partition coefficient (Wildman–Crippen LogP) is 2.55. The number of rotatable bonds is 5. The Morgan fingerprint density at radius 2 is 2.05 bits per heavy atom. The lowest BCUT2D eigenvalue weighted by Crippen LogP contribution is -2.12. The minimum absolute atomic E-state index is 0.273. The van der Waals surface area contributed by atoms with Crippen molar-refractivity contribution >= 4 is 23.0 Å². The molecule has 2 aromatic heterocycles. The molecular weight excluding hydrogens is 274 g/mol. The first-order valence-electron chi connectivity index (χ1n) is 6.62. The van der Waals surface area contributed by atoms with Crippen LogP contribution in [0.5, 0.6) is 0 Å². The number of nitrogens with zero attached hydrogens (tertiary/aromatic N) is 2. The van der Waals surface area contributed by atoms with Gasteiger partial charge in [-0.1, -0.05) is 13.8 Å². The lowest BCUT2D eigenvalue weighted by atomic mass is 10.2. The molecule has 108 valence electrons. The van der Waals surface area contributed by atoms with Gasteiger partial charge in [0, 0.05) is 16.8 Å². The van der Waals surface area contributed by atoms with Crippen LogP contribution in [0.25, 0.3) is 0 Å². The summed E-state index contributed by atoms with van der Waals surface area (Å²) >= 11 is 1.66. The van der Waals surface area contributed by atoms with Crippen molar-refractivity contribution in [1.29, 1.82) is 0 Å². The highest BCUT2D eigenvalue weighted by atomic mass is 32.1. The quantitative estimate of drug-likeness (QED) is 0.860. The van der Waals surface area contributed by atoms with Gasteiger partial charge in [-0.3, -0.25) is 4.68 Å². The summed E-state index contributed by atoms with van der Waals surface area (Å²) in [5.74, 6) is -0.427. The molecule has 2 heterocycles. The molecule has 0 unspecified atom stereocenters. The Morgan fingerprint density at radius 3 is 2.60 bits per heavy atom. The minimum atomic E-state index is -0.427. The van der Waals surface area contributed by atoms with Crippen LogP contribution in [-0.4, -0.2) is 15.7 Å². The molecule has 0 aliphatic heterocycles. The molecule has 0 spiro atoms. The Kier molecular flexibility index (Phi) is 4.44. The number of carbonyl (C=O) groups is 1. The smallest absolute Gasteiger partial charge is 0.359 e. The summed E-state index contributed by atoms with van der Waals surface area (Å²) < 4.78 is 6.81. The summed E-state index contributed by atoms with van der Waals surface area (Å²) in [6.45, 7) is 4.32. The average molecular weight is 293 g/mol. The van der Waals surface area contributed by atoms with Crippen LogP contribution in [0.1, 0.15) is 39.8 Å². The van der Waals surface area contributed by atoms with Crippen LogP contribution in [0.2, 0.25) is 0 Å². The van der Waals surface area contributed by atoms with Gasteiger partial charge in [0.05, 0.1) is 11.4 Å². The second-order valence-corrected chi connectivity index (χ2v) is 5.74. The molecule has 2 rings (SSSR count). The topological polar surface area (TPSA) is 70.1 Å². The molecule has 0 atom stereocenters. The van der Waals surface area contributed by atoms with Gasteiger partial charge in [-0.2, -0.15) is 5.10 Å². The Morgan fingerprint density at radius 1 is 1.35 bits per heavy atom. The number of ether oxygens (including phenoxy) is 1. The zero-order valence-electron chi connectivity index (χ0n) is 12.0. The van der Waals surface area contributed by atoms with E-state index in [1.165, 1.54) is 9.56 Å². The summed E-state index contributed by atoms with van der Waals surface area (Å²) in [5, 5.41) is 4.22. The highest BCUT2D eigenvalue weighted by Crippen LogP contribution is 2.21. The average Bonchev–Trinajstić information content (AvgIpc) is 3.00. The molecule has 2 N–H and O–H groups in total.